The lowest BCUT2D eigenvalue weighted by Crippen LogP contribution is -2.31. The zero-order chi connectivity index (χ0) is 13.7. The van der Waals surface area contributed by atoms with Crippen molar-refractivity contribution in [2.45, 2.75) is 19.9 Å². The summed E-state index contributed by atoms with van der Waals surface area (Å²) in [6, 6.07) is 12.1. The zero-order valence-electron chi connectivity index (χ0n) is 10.8. The maximum Gasteiger partial charge on any atom is 0.242 e. The average molecular weight is 294 g/mol. The second kappa shape index (κ2) is 6.73. The summed E-state index contributed by atoms with van der Waals surface area (Å²) in [5.41, 5.74) is 2.16. The molecule has 0 bridgehead atoms. The lowest BCUT2D eigenvalue weighted by Gasteiger charge is -2.21. The van der Waals surface area contributed by atoms with Crippen LogP contribution in [-0.4, -0.2) is 11.8 Å². The number of alkyl halides is 1. The summed E-state index contributed by atoms with van der Waals surface area (Å²) in [6.45, 7) is 2.69. The molecule has 1 heterocycles. The summed E-state index contributed by atoms with van der Waals surface area (Å²) in [5, 5.41) is 2.01. The summed E-state index contributed by atoms with van der Waals surface area (Å²) in [5.74, 6) is -0.0692. The van der Waals surface area contributed by atoms with Gasteiger partial charge in [-0.15, -0.1) is 22.9 Å². The number of aryl methyl sites for hydroxylation is 1. The number of amides is 1. The number of hydrogen-bond acceptors (Lipinski definition) is 2. The smallest absolute Gasteiger partial charge is 0.242 e. The molecule has 19 heavy (non-hydrogen) atoms. The van der Waals surface area contributed by atoms with Gasteiger partial charge in [0.05, 0.1) is 6.54 Å². The van der Waals surface area contributed by atoms with Crippen LogP contribution in [0.25, 0.3) is 0 Å². The van der Waals surface area contributed by atoms with E-state index in [9.17, 15) is 4.79 Å². The van der Waals surface area contributed by atoms with E-state index < -0.39 is 0 Å². The van der Waals surface area contributed by atoms with Crippen LogP contribution in [0.5, 0.6) is 0 Å². The van der Waals surface area contributed by atoms with Gasteiger partial charge in [0.25, 0.3) is 0 Å². The average Bonchev–Trinajstić information content (AvgIpc) is 2.97. The van der Waals surface area contributed by atoms with Crippen LogP contribution in [0.1, 0.15) is 17.4 Å². The van der Waals surface area contributed by atoms with Gasteiger partial charge in [-0.2, -0.15) is 0 Å². The van der Waals surface area contributed by atoms with Gasteiger partial charge < -0.3 is 4.90 Å². The normalized spacial score (nSPS) is 10.4. The highest BCUT2D eigenvalue weighted by molar-refractivity contribution is 7.09. The van der Waals surface area contributed by atoms with Gasteiger partial charge in [0.1, 0.15) is 5.88 Å². The fourth-order valence-corrected chi connectivity index (χ4v) is 2.70. The van der Waals surface area contributed by atoms with E-state index in [1.165, 1.54) is 5.56 Å². The highest BCUT2D eigenvalue weighted by atomic mass is 35.5. The van der Waals surface area contributed by atoms with E-state index in [2.05, 4.69) is 19.1 Å². The number of carbonyl (C=O) groups is 1. The van der Waals surface area contributed by atoms with Crippen molar-refractivity contribution in [2.24, 2.45) is 0 Å². The van der Waals surface area contributed by atoms with Gasteiger partial charge >= 0.3 is 0 Å². The Morgan fingerprint density at radius 1 is 1.26 bits per heavy atom. The third-order valence-electron chi connectivity index (χ3n) is 2.97. The molecule has 0 radical (unpaired) electrons. The molecule has 0 spiro atoms. The third kappa shape index (κ3) is 3.58. The topological polar surface area (TPSA) is 20.3 Å². The van der Waals surface area contributed by atoms with Crippen LogP contribution < -0.4 is 4.90 Å². The van der Waals surface area contributed by atoms with Crippen molar-refractivity contribution in [1.29, 1.82) is 0 Å². The van der Waals surface area contributed by atoms with Gasteiger partial charge in [0.15, 0.2) is 0 Å². The molecular weight excluding hydrogens is 278 g/mol. The molecular formula is C15H16ClNOS. The van der Waals surface area contributed by atoms with Crippen molar-refractivity contribution in [3.8, 4) is 0 Å². The summed E-state index contributed by atoms with van der Waals surface area (Å²) in [6.07, 6.45) is 0.995. The van der Waals surface area contributed by atoms with Crippen LogP contribution in [-0.2, 0) is 17.8 Å². The van der Waals surface area contributed by atoms with Crippen LogP contribution in [0.2, 0.25) is 0 Å². The summed E-state index contributed by atoms with van der Waals surface area (Å²) < 4.78 is 0. The van der Waals surface area contributed by atoms with E-state index in [1.807, 2.05) is 29.6 Å². The summed E-state index contributed by atoms with van der Waals surface area (Å²) in [7, 11) is 0. The van der Waals surface area contributed by atoms with E-state index in [4.69, 9.17) is 11.6 Å². The molecule has 0 aliphatic carbocycles. The second-order valence-corrected chi connectivity index (χ2v) is 5.51. The molecule has 0 fully saturated rings. The Morgan fingerprint density at radius 2 is 2.00 bits per heavy atom. The number of nitrogens with zero attached hydrogens (tertiary/aromatic N) is 1. The van der Waals surface area contributed by atoms with Gasteiger partial charge in [0.2, 0.25) is 5.91 Å². The molecule has 0 saturated heterocycles. The molecule has 2 aromatic rings. The van der Waals surface area contributed by atoms with E-state index in [0.717, 1.165) is 17.0 Å². The van der Waals surface area contributed by atoms with Gasteiger partial charge in [-0.25, -0.2) is 0 Å². The molecule has 1 aromatic carbocycles. The summed E-state index contributed by atoms with van der Waals surface area (Å²) in [4.78, 5) is 14.9. The van der Waals surface area contributed by atoms with Crippen molar-refractivity contribution in [2.75, 3.05) is 10.8 Å². The Hall–Kier alpha value is -1.32. The van der Waals surface area contributed by atoms with Crippen molar-refractivity contribution in [3.05, 3.63) is 52.2 Å². The number of hydrogen-bond donors (Lipinski definition) is 0. The van der Waals surface area contributed by atoms with Gasteiger partial charge in [-0.3, -0.25) is 4.79 Å². The minimum atomic E-state index is -0.0701. The first-order valence-electron chi connectivity index (χ1n) is 6.22. The summed E-state index contributed by atoms with van der Waals surface area (Å²) >= 11 is 7.35. The second-order valence-electron chi connectivity index (χ2n) is 4.21. The number of carbonyl (C=O) groups excluding carboxylic acids is 1. The number of rotatable bonds is 5. The lowest BCUT2D eigenvalue weighted by atomic mass is 10.1. The van der Waals surface area contributed by atoms with Gasteiger partial charge in [0, 0.05) is 10.6 Å². The molecule has 0 N–H and O–H groups in total. The first kappa shape index (κ1) is 14.1. The maximum absolute atomic E-state index is 12.0. The highest BCUT2D eigenvalue weighted by Gasteiger charge is 2.15. The van der Waals surface area contributed by atoms with E-state index in [0.29, 0.717) is 6.54 Å². The number of anilines is 1. The van der Waals surface area contributed by atoms with Crippen molar-refractivity contribution >= 4 is 34.5 Å². The van der Waals surface area contributed by atoms with Crippen molar-refractivity contribution < 1.29 is 4.79 Å². The van der Waals surface area contributed by atoms with Crippen molar-refractivity contribution in [1.82, 2.24) is 0 Å². The zero-order valence-corrected chi connectivity index (χ0v) is 12.4. The van der Waals surface area contributed by atoms with E-state index >= 15 is 0 Å². The van der Waals surface area contributed by atoms with Crippen LogP contribution in [0.4, 0.5) is 5.69 Å². The number of thiophene rings is 1. The first-order valence-corrected chi connectivity index (χ1v) is 7.63. The Bertz CT molecular complexity index is 522. The molecule has 0 unspecified atom stereocenters. The third-order valence-corrected chi connectivity index (χ3v) is 4.06. The Kier molecular flexibility index (Phi) is 5.00. The Labute approximate surface area is 122 Å². The van der Waals surface area contributed by atoms with E-state index in [1.54, 1.807) is 16.2 Å². The predicted octanol–water partition coefficient (Wildman–Crippen LogP) is 4.08. The molecule has 0 aliphatic heterocycles. The number of benzene rings is 1. The highest BCUT2D eigenvalue weighted by Crippen LogP contribution is 2.21. The van der Waals surface area contributed by atoms with E-state index in [-0.39, 0.29) is 11.8 Å². The SMILES string of the molecule is CCc1ccc(N(Cc2cccs2)C(=O)CCl)cc1. The molecule has 0 aliphatic rings. The van der Waals surface area contributed by atoms with Crippen LogP contribution in [0.3, 0.4) is 0 Å². The van der Waals surface area contributed by atoms with Gasteiger partial charge in [-0.05, 0) is 35.6 Å². The number of halogens is 1. The van der Waals surface area contributed by atoms with Crippen LogP contribution in [0.15, 0.2) is 41.8 Å². The largest absolute Gasteiger partial charge is 0.306 e. The molecule has 0 atom stereocenters. The predicted molar refractivity (Wildman–Crippen MR) is 82.0 cm³/mol. The molecule has 1 aromatic heterocycles. The quantitative estimate of drug-likeness (QED) is 0.761. The first-order chi connectivity index (χ1) is 9.24. The molecule has 4 heteroatoms. The van der Waals surface area contributed by atoms with Crippen molar-refractivity contribution in [3.63, 3.8) is 0 Å². The standard InChI is InChI=1S/C15H16ClNOS/c1-2-12-5-7-13(8-6-12)17(15(18)10-16)11-14-4-3-9-19-14/h3-9H,2,10-11H2,1H3. The molecule has 1 amide bonds. The van der Waals surface area contributed by atoms with Crippen LogP contribution >= 0.6 is 22.9 Å². The Morgan fingerprint density at radius 3 is 2.53 bits per heavy atom. The minimum absolute atomic E-state index is 0.000897. The molecule has 0 saturated carbocycles. The van der Waals surface area contributed by atoms with Crippen LogP contribution in [0, 0.1) is 0 Å². The molecule has 100 valence electrons. The molecule has 2 nitrogen and oxygen atoms in total. The fraction of sp³-hybridized carbons (Fsp3) is 0.267. The maximum atomic E-state index is 12.0. The lowest BCUT2D eigenvalue weighted by molar-refractivity contribution is -0.116. The van der Waals surface area contributed by atoms with Gasteiger partial charge in [-0.1, -0.05) is 25.1 Å². The Balaban J connectivity index is 2.23. The monoisotopic (exact) mass is 293 g/mol. The fourth-order valence-electron chi connectivity index (χ4n) is 1.87. The molecule has 2 rings (SSSR count). The minimum Gasteiger partial charge on any atom is -0.306 e.